The minimum atomic E-state index is -0.808. The van der Waals surface area contributed by atoms with Crippen LogP contribution in [0, 0.1) is 6.92 Å². The summed E-state index contributed by atoms with van der Waals surface area (Å²) in [5.74, 6) is 0.779. The monoisotopic (exact) mass is 490 g/mol. The summed E-state index contributed by atoms with van der Waals surface area (Å²) in [5.41, 5.74) is 5.87. The van der Waals surface area contributed by atoms with Crippen LogP contribution in [0.3, 0.4) is 0 Å². The molecule has 2 amide bonds. The number of nitrogens with zero attached hydrogens (tertiary/aromatic N) is 2. The smallest absolute Gasteiger partial charge is 0.279 e. The van der Waals surface area contributed by atoms with Crippen molar-refractivity contribution in [2.24, 2.45) is 0 Å². The number of nitrogens with one attached hydrogen (secondary N) is 2. The highest BCUT2D eigenvalue weighted by Gasteiger charge is 2.18. The van der Waals surface area contributed by atoms with Gasteiger partial charge in [-0.2, -0.15) is 0 Å². The Morgan fingerprint density at radius 2 is 2.07 bits per heavy atom. The van der Waals surface area contributed by atoms with Crippen molar-refractivity contribution < 1.29 is 18.8 Å². The van der Waals surface area contributed by atoms with Crippen LogP contribution in [0.15, 0.2) is 62.7 Å². The Morgan fingerprint density at radius 1 is 1.23 bits per heavy atom. The third kappa shape index (κ3) is 6.07. The first-order valence-corrected chi connectivity index (χ1v) is 10.7. The number of hydrogen-bond acceptors (Lipinski definition) is 7. The van der Waals surface area contributed by atoms with Crippen LogP contribution in [-0.2, 0) is 10.5 Å². The summed E-state index contributed by atoms with van der Waals surface area (Å²) in [4.78, 5) is 29.1. The molecule has 0 aliphatic heterocycles. The number of pyridine rings is 1. The van der Waals surface area contributed by atoms with Crippen LogP contribution in [0.5, 0.6) is 5.75 Å². The molecule has 1 aromatic carbocycles. The van der Waals surface area contributed by atoms with Gasteiger partial charge in [0.1, 0.15) is 16.5 Å². The predicted octanol–water partition coefficient (Wildman–Crippen LogP) is 3.66. The molecule has 2 N–H and O–H groups in total. The normalized spacial score (nSPS) is 11.6. The summed E-state index contributed by atoms with van der Waals surface area (Å²) in [6.07, 6.45) is 0.789. The molecule has 0 fully saturated rings. The molecule has 156 valence electrons. The van der Waals surface area contributed by atoms with Gasteiger partial charge in [0.15, 0.2) is 6.10 Å². The fraction of sp³-hybridized carbons (Fsp3) is 0.200. The largest absolute Gasteiger partial charge is 0.481 e. The van der Waals surface area contributed by atoms with Crippen LogP contribution in [0.25, 0.3) is 0 Å². The van der Waals surface area contributed by atoms with Gasteiger partial charge < -0.3 is 9.26 Å². The maximum atomic E-state index is 12.6. The molecular weight excluding hydrogens is 472 g/mol. The molecule has 10 heteroatoms. The second kappa shape index (κ2) is 10.3. The van der Waals surface area contributed by atoms with E-state index in [-0.39, 0.29) is 0 Å². The first kappa shape index (κ1) is 21.8. The van der Waals surface area contributed by atoms with Gasteiger partial charge in [-0.3, -0.25) is 20.4 Å². The topological polar surface area (TPSA) is 106 Å². The Kier molecular flexibility index (Phi) is 7.47. The van der Waals surface area contributed by atoms with Crippen molar-refractivity contribution >= 4 is 39.5 Å². The van der Waals surface area contributed by atoms with E-state index in [9.17, 15) is 9.59 Å². The Labute approximate surface area is 185 Å². The Bertz CT molecular complexity index is 1040. The molecule has 2 aromatic heterocycles. The standard InChI is InChI=1S/C20H19BrN4O4S/c1-12-9-15(25-29-12)11-30-20-17(7-4-8-22-20)19(27)24-23-18(26)13(2)28-16-6-3-5-14(21)10-16/h3-10,13H,11H2,1-2H3,(H,23,26)(H,24,27). The number of carbonyl (C=O) groups is 2. The Hall–Kier alpha value is -2.85. The summed E-state index contributed by atoms with van der Waals surface area (Å²) in [5, 5.41) is 4.44. The Balaban J connectivity index is 1.55. The first-order valence-electron chi connectivity index (χ1n) is 8.95. The number of hydrazine groups is 1. The zero-order chi connectivity index (χ0) is 21.5. The van der Waals surface area contributed by atoms with Crippen LogP contribution >= 0.6 is 27.7 Å². The van der Waals surface area contributed by atoms with Crippen molar-refractivity contribution in [3.8, 4) is 5.75 Å². The van der Waals surface area contributed by atoms with Crippen LogP contribution in [-0.4, -0.2) is 28.1 Å². The van der Waals surface area contributed by atoms with Gasteiger partial charge in [-0.15, -0.1) is 0 Å². The SMILES string of the molecule is Cc1cc(CSc2ncccc2C(=O)NNC(=O)C(C)Oc2cccc(Br)c2)no1. The summed E-state index contributed by atoms with van der Waals surface area (Å²) in [6, 6.07) is 12.2. The molecule has 2 heterocycles. The van der Waals surface area contributed by atoms with Gasteiger partial charge in [0.05, 0.1) is 11.3 Å². The van der Waals surface area contributed by atoms with Crippen LogP contribution in [0.1, 0.15) is 28.7 Å². The first-order chi connectivity index (χ1) is 14.4. The lowest BCUT2D eigenvalue weighted by atomic mass is 10.3. The molecule has 30 heavy (non-hydrogen) atoms. The molecule has 1 atom stereocenters. The minimum Gasteiger partial charge on any atom is -0.481 e. The number of amides is 2. The predicted molar refractivity (Wildman–Crippen MR) is 115 cm³/mol. The number of halogens is 1. The molecule has 1 unspecified atom stereocenters. The zero-order valence-corrected chi connectivity index (χ0v) is 18.6. The van der Waals surface area contributed by atoms with Crippen LogP contribution in [0.4, 0.5) is 0 Å². The zero-order valence-electron chi connectivity index (χ0n) is 16.2. The van der Waals surface area contributed by atoms with Gasteiger partial charge in [-0.25, -0.2) is 4.98 Å². The van der Waals surface area contributed by atoms with E-state index >= 15 is 0 Å². The van der Waals surface area contributed by atoms with Crippen LogP contribution in [0.2, 0.25) is 0 Å². The lowest BCUT2D eigenvalue weighted by Crippen LogP contribution is -2.47. The van der Waals surface area contributed by atoms with E-state index in [1.165, 1.54) is 11.8 Å². The highest BCUT2D eigenvalue weighted by Crippen LogP contribution is 2.24. The van der Waals surface area contributed by atoms with Crippen molar-refractivity contribution in [1.29, 1.82) is 0 Å². The quantitative estimate of drug-likeness (QED) is 0.384. The highest BCUT2D eigenvalue weighted by molar-refractivity contribution is 9.10. The lowest BCUT2D eigenvalue weighted by Gasteiger charge is -2.15. The van der Waals surface area contributed by atoms with Crippen LogP contribution < -0.4 is 15.6 Å². The maximum absolute atomic E-state index is 12.6. The van der Waals surface area contributed by atoms with Gasteiger partial charge in [0.2, 0.25) is 0 Å². The fourth-order valence-electron chi connectivity index (χ4n) is 2.39. The molecule has 0 aliphatic rings. The van der Waals surface area contributed by atoms with Crippen molar-refractivity contribution in [1.82, 2.24) is 21.0 Å². The number of carbonyl (C=O) groups excluding carboxylic acids is 2. The van der Waals surface area contributed by atoms with E-state index in [4.69, 9.17) is 9.26 Å². The number of aromatic nitrogens is 2. The number of benzene rings is 1. The lowest BCUT2D eigenvalue weighted by molar-refractivity contribution is -0.128. The molecule has 8 nitrogen and oxygen atoms in total. The molecule has 0 bridgehead atoms. The number of rotatable bonds is 7. The van der Waals surface area contributed by atoms with E-state index in [0.29, 0.717) is 27.9 Å². The molecule has 0 saturated carbocycles. The average Bonchev–Trinajstić information content (AvgIpc) is 3.15. The van der Waals surface area contributed by atoms with Gasteiger partial charge in [-0.05, 0) is 44.2 Å². The third-order valence-corrected chi connectivity index (χ3v) is 5.36. The molecule has 0 radical (unpaired) electrons. The number of ether oxygens (including phenoxy) is 1. The second-order valence-corrected chi connectivity index (χ2v) is 8.11. The van der Waals surface area contributed by atoms with E-state index in [0.717, 1.165) is 10.2 Å². The van der Waals surface area contributed by atoms with E-state index < -0.39 is 17.9 Å². The van der Waals surface area contributed by atoms with E-state index in [2.05, 4.69) is 36.9 Å². The summed E-state index contributed by atoms with van der Waals surface area (Å²) in [7, 11) is 0. The van der Waals surface area contributed by atoms with Crippen molar-refractivity contribution in [3.05, 3.63) is 70.2 Å². The van der Waals surface area contributed by atoms with Crippen molar-refractivity contribution in [3.63, 3.8) is 0 Å². The number of hydrogen-bond donors (Lipinski definition) is 2. The van der Waals surface area contributed by atoms with Gasteiger partial charge in [0.25, 0.3) is 11.8 Å². The maximum Gasteiger partial charge on any atom is 0.279 e. The van der Waals surface area contributed by atoms with Gasteiger partial charge in [0, 0.05) is 22.5 Å². The molecule has 3 aromatic rings. The molecular formula is C20H19BrN4O4S. The molecule has 0 spiro atoms. The molecule has 3 rings (SSSR count). The van der Waals surface area contributed by atoms with Gasteiger partial charge >= 0.3 is 0 Å². The minimum absolute atomic E-state index is 0.337. The average molecular weight is 491 g/mol. The van der Waals surface area contributed by atoms with Gasteiger partial charge in [-0.1, -0.05) is 38.9 Å². The van der Waals surface area contributed by atoms with E-state index in [1.807, 2.05) is 19.1 Å². The third-order valence-electron chi connectivity index (χ3n) is 3.83. The molecule has 0 saturated heterocycles. The second-order valence-electron chi connectivity index (χ2n) is 6.23. The van der Waals surface area contributed by atoms with Crippen molar-refractivity contribution in [2.75, 3.05) is 0 Å². The fourth-order valence-corrected chi connectivity index (χ4v) is 3.64. The van der Waals surface area contributed by atoms with Crippen molar-refractivity contribution in [2.45, 2.75) is 30.7 Å². The number of thioether (sulfide) groups is 1. The summed E-state index contributed by atoms with van der Waals surface area (Å²) >= 11 is 4.69. The number of aryl methyl sites for hydroxylation is 1. The highest BCUT2D eigenvalue weighted by atomic mass is 79.9. The summed E-state index contributed by atoms with van der Waals surface area (Å²) in [6.45, 7) is 3.40. The Morgan fingerprint density at radius 3 is 2.80 bits per heavy atom. The molecule has 0 aliphatic carbocycles. The van der Waals surface area contributed by atoms with E-state index in [1.54, 1.807) is 43.5 Å². The summed E-state index contributed by atoms with van der Waals surface area (Å²) < 4.78 is 11.5.